The van der Waals surface area contributed by atoms with Crippen LogP contribution in [0.5, 0.6) is 5.75 Å². The molecule has 0 spiro atoms. The number of thioether (sulfide) groups is 1. The van der Waals surface area contributed by atoms with Gasteiger partial charge in [0.2, 0.25) is 0 Å². The number of halogens is 4. The van der Waals surface area contributed by atoms with Gasteiger partial charge in [-0.15, -0.1) is 23.1 Å². The number of benzene rings is 2. The summed E-state index contributed by atoms with van der Waals surface area (Å²) in [5.74, 6) is -0.386. The molecule has 40 heavy (non-hydrogen) atoms. The van der Waals surface area contributed by atoms with Crippen LogP contribution in [0, 0.1) is 6.92 Å². The van der Waals surface area contributed by atoms with Crippen molar-refractivity contribution in [1.29, 1.82) is 0 Å². The second-order valence-electron chi connectivity index (χ2n) is 8.67. The highest BCUT2D eigenvalue weighted by atomic mass is 35.5. The van der Waals surface area contributed by atoms with E-state index in [1.807, 2.05) is 0 Å². The van der Waals surface area contributed by atoms with E-state index in [0.717, 1.165) is 23.9 Å². The van der Waals surface area contributed by atoms with E-state index in [1.54, 1.807) is 37.4 Å². The zero-order chi connectivity index (χ0) is 28.8. The van der Waals surface area contributed by atoms with E-state index in [0.29, 0.717) is 32.1 Å². The van der Waals surface area contributed by atoms with Crippen molar-refractivity contribution in [2.45, 2.75) is 24.5 Å². The Morgan fingerprint density at radius 2 is 1.98 bits per heavy atom. The van der Waals surface area contributed by atoms with Crippen LogP contribution in [-0.2, 0) is 12.7 Å². The van der Waals surface area contributed by atoms with Crippen LogP contribution in [0.2, 0.25) is 5.02 Å². The molecule has 0 radical (unpaired) electrons. The summed E-state index contributed by atoms with van der Waals surface area (Å²) >= 11 is 8.57. The number of ether oxygens (including phenoxy) is 1. The molecular weight excluding hydrogens is 587 g/mol. The van der Waals surface area contributed by atoms with Gasteiger partial charge in [0.05, 0.1) is 38.8 Å². The van der Waals surface area contributed by atoms with E-state index in [1.165, 1.54) is 27.5 Å². The summed E-state index contributed by atoms with van der Waals surface area (Å²) in [5.41, 5.74) is 0.405. The number of pyridine rings is 1. The number of hydrogen-bond donors (Lipinski definition) is 1. The second-order valence-corrected chi connectivity index (χ2v) is 10.8. The fraction of sp³-hybridized carbons (Fsp3) is 0.185. The van der Waals surface area contributed by atoms with Gasteiger partial charge in [-0.05, 0) is 49.6 Å². The van der Waals surface area contributed by atoms with Crippen molar-refractivity contribution in [3.05, 3.63) is 80.3 Å². The standard InChI is InChI=1S/C27H19ClF3N3O4S2/c1-13-33-19-9-14(27(29,30)31)10-21(39-2)22(19)25(35)34(13)7-8-38-20-4-3-15(28)11-17(20)16-5-6-32-23-18(26(36)37)12-40-24(16)23/h3-6,9-12H,7-8H2,1-2H3,(H,36,37). The first-order valence-electron chi connectivity index (χ1n) is 11.7. The molecule has 3 heterocycles. The third-order valence-corrected chi connectivity index (χ3v) is 8.25. The van der Waals surface area contributed by atoms with Crippen molar-refractivity contribution in [2.24, 2.45) is 0 Å². The molecule has 3 aromatic heterocycles. The predicted octanol–water partition coefficient (Wildman–Crippen LogP) is 7.15. The van der Waals surface area contributed by atoms with Gasteiger partial charge >= 0.3 is 12.1 Å². The number of carboxylic acids is 1. The summed E-state index contributed by atoms with van der Waals surface area (Å²) in [5, 5.41) is 11.6. The molecule has 0 saturated carbocycles. The van der Waals surface area contributed by atoms with E-state index in [2.05, 4.69) is 9.97 Å². The molecule has 0 atom stereocenters. The first-order chi connectivity index (χ1) is 19.0. The number of nitrogens with zero attached hydrogens (tertiary/aromatic N) is 3. The van der Waals surface area contributed by atoms with Gasteiger partial charge in [0.25, 0.3) is 5.56 Å². The molecule has 2 aromatic carbocycles. The van der Waals surface area contributed by atoms with Crippen molar-refractivity contribution < 1.29 is 27.8 Å². The van der Waals surface area contributed by atoms with Crippen molar-refractivity contribution in [3.63, 3.8) is 0 Å². The van der Waals surface area contributed by atoms with E-state index in [-0.39, 0.29) is 40.3 Å². The van der Waals surface area contributed by atoms with Crippen LogP contribution in [0.1, 0.15) is 21.7 Å². The van der Waals surface area contributed by atoms with Gasteiger partial charge in [-0.25, -0.2) is 9.78 Å². The highest BCUT2D eigenvalue weighted by Gasteiger charge is 2.32. The molecule has 5 rings (SSSR count). The largest absolute Gasteiger partial charge is 0.491 e. The van der Waals surface area contributed by atoms with Crippen LogP contribution in [0.15, 0.2) is 57.7 Å². The van der Waals surface area contributed by atoms with Crippen LogP contribution < -0.4 is 10.3 Å². The molecule has 0 unspecified atom stereocenters. The highest BCUT2D eigenvalue weighted by molar-refractivity contribution is 7.98. The quantitative estimate of drug-likeness (QED) is 0.197. The molecule has 0 amide bonds. The first-order valence-corrected chi connectivity index (χ1v) is 14.2. The molecule has 0 saturated heterocycles. The number of alkyl halides is 3. The number of fused-ring (bicyclic) bond motifs is 2. The molecule has 206 valence electrons. The van der Waals surface area contributed by atoms with Crippen molar-refractivity contribution in [2.75, 3.05) is 12.9 Å². The number of carboxylic acid groups (broad SMARTS) is 1. The number of thiophene rings is 1. The number of aryl methyl sites for hydroxylation is 1. The number of carbonyl (C=O) groups is 1. The Morgan fingerprint density at radius 3 is 2.67 bits per heavy atom. The van der Waals surface area contributed by atoms with Gasteiger partial charge in [-0.1, -0.05) is 11.6 Å². The highest BCUT2D eigenvalue weighted by Crippen LogP contribution is 2.40. The zero-order valence-electron chi connectivity index (χ0n) is 20.9. The maximum Gasteiger partial charge on any atom is 0.416 e. The van der Waals surface area contributed by atoms with Crippen molar-refractivity contribution >= 4 is 61.8 Å². The maximum absolute atomic E-state index is 13.4. The smallest absolute Gasteiger partial charge is 0.416 e. The van der Waals surface area contributed by atoms with Crippen LogP contribution in [0.3, 0.4) is 0 Å². The molecule has 0 bridgehead atoms. The van der Waals surface area contributed by atoms with Gasteiger partial charge in [0.15, 0.2) is 0 Å². The van der Waals surface area contributed by atoms with Crippen LogP contribution >= 0.6 is 34.7 Å². The number of aromatic nitrogens is 3. The maximum atomic E-state index is 13.4. The van der Waals surface area contributed by atoms with Crippen LogP contribution in [0.25, 0.3) is 32.2 Å². The average Bonchev–Trinajstić information content (AvgIpc) is 3.34. The molecule has 7 nitrogen and oxygen atoms in total. The van der Waals surface area contributed by atoms with E-state index >= 15 is 0 Å². The lowest BCUT2D eigenvalue weighted by molar-refractivity contribution is -0.137. The van der Waals surface area contributed by atoms with E-state index < -0.39 is 23.3 Å². The normalized spacial score (nSPS) is 11.8. The number of rotatable bonds is 7. The molecule has 13 heteroatoms. The van der Waals surface area contributed by atoms with Gasteiger partial charge in [-0.3, -0.25) is 14.3 Å². The molecular formula is C27H19ClF3N3O4S2. The summed E-state index contributed by atoms with van der Waals surface area (Å²) in [6, 6.07) is 8.61. The SMILES string of the molecule is CSc1cc(C(F)(F)F)cc2nc(C)n(CCOc3ccc(Cl)cc3-c3ccnc4c(C(=O)O)csc34)c(=O)c12. The predicted molar refractivity (Wildman–Crippen MR) is 150 cm³/mol. The Hall–Kier alpha value is -3.61. The van der Waals surface area contributed by atoms with Gasteiger partial charge in [0, 0.05) is 32.6 Å². The summed E-state index contributed by atoms with van der Waals surface area (Å²) in [4.78, 5) is 33.7. The second kappa shape index (κ2) is 10.8. The molecule has 0 aliphatic rings. The van der Waals surface area contributed by atoms with Gasteiger partial charge < -0.3 is 9.84 Å². The topological polar surface area (TPSA) is 94.3 Å². The Labute approximate surface area is 238 Å². The lowest BCUT2D eigenvalue weighted by atomic mass is 10.0. The first kappa shape index (κ1) is 27.9. The van der Waals surface area contributed by atoms with E-state index in [9.17, 15) is 27.9 Å². The average molecular weight is 606 g/mol. The zero-order valence-corrected chi connectivity index (χ0v) is 23.3. The Kier molecular flexibility index (Phi) is 7.51. The minimum absolute atomic E-state index is 0.0165. The number of aromatic carboxylic acids is 1. The van der Waals surface area contributed by atoms with Crippen LogP contribution in [-0.4, -0.2) is 38.5 Å². The van der Waals surface area contributed by atoms with Crippen molar-refractivity contribution in [3.8, 4) is 16.9 Å². The Morgan fingerprint density at radius 1 is 1.20 bits per heavy atom. The Bertz CT molecular complexity index is 1850. The van der Waals surface area contributed by atoms with Crippen LogP contribution in [0.4, 0.5) is 13.2 Å². The summed E-state index contributed by atoms with van der Waals surface area (Å²) in [6.45, 7) is 1.67. The van der Waals surface area contributed by atoms with E-state index in [4.69, 9.17) is 16.3 Å². The summed E-state index contributed by atoms with van der Waals surface area (Å²) < 4.78 is 48.2. The molecule has 0 aliphatic carbocycles. The molecule has 0 aliphatic heterocycles. The fourth-order valence-corrected chi connectivity index (χ4v) is 6.23. The number of hydrogen-bond acceptors (Lipinski definition) is 7. The third kappa shape index (κ3) is 5.14. The van der Waals surface area contributed by atoms with Gasteiger partial charge in [-0.2, -0.15) is 13.2 Å². The minimum atomic E-state index is -4.56. The summed E-state index contributed by atoms with van der Waals surface area (Å²) in [7, 11) is 0. The third-order valence-electron chi connectivity index (χ3n) is 6.25. The fourth-order valence-electron chi connectivity index (χ4n) is 4.39. The monoisotopic (exact) mass is 605 g/mol. The lowest BCUT2D eigenvalue weighted by Gasteiger charge is -2.16. The Balaban J connectivity index is 1.48. The lowest BCUT2D eigenvalue weighted by Crippen LogP contribution is -2.27. The van der Waals surface area contributed by atoms with Gasteiger partial charge in [0.1, 0.15) is 18.2 Å². The minimum Gasteiger partial charge on any atom is -0.491 e. The molecule has 0 fully saturated rings. The van der Waals surface area contributed by atoms with Crippen molar-refractivity contribution in [1.82, 2.24) is 14.5 Å². The molecule has 1 N–H and O–H groups in total. The summed E-state index contributed by atoms with van der Waals surface area (Å²) in [6.07, 6.45) is -1.45. The molecule has 5 aromatic rings.